The van der Waals surface area contributed by atoms with Crippen LogP contribution in [-0.4, -0.2) is 60.5 Å². The molecule has 1 aromatic heterocycles. The van der Waals surface area contributed by atoms with Gasteiger partial charge in [0.25, 0.3) is 11.0 Å². The summed E-state index contributed by atoms with van der Waals surface area (Å²) in [5.74, 6) is 5.42. The number of halogens is 2. The molecule has 0 spiro atoms. The normalized spacial score (nSPS) is 14.6. The van der Waals surface area contributed by atoms with E-state index in [-0.39, 0.29) is 42.0 Å². The molecule has 0 radical (unpaired) electrons. The van der Waals surface area contributed by atoms with Crippen molar-refractivity contribution in [2.45, 2.75) is 25.3 Å². The molecule has 0 aliphatic carbocycles. The lowest BCUT2D eigenvalue weighted by molar-refractivity contribution is -0.757. The first kappa shape index (κ1) is 29.2. The minimum Gasteiger partial charge on any atom is -0.492 e. The van der Waals surface area contributed by atoms with E-state index in [4.69, 9.17) is 27.9 Å². The van der Waals surface area contributed by atoms with Gasteiger partial charge in [-0.05, 0) is 43.2 Å². The van der Waals surface area contributed by atoms with Gasteiger partial charge in [-0.25, -0.2) is 13.1 Å². The predicted molar refractivity (Wildman–Crippen MR) is 149 cm³/mol. The van der Waals surface area contributed by atoms with Gasteiger partial charge >= 0.3 is 0 Å². The third-order valence-corrected chi connectivity index (χ3v) is 8.36. The molecule has 11 nitrogen and oxygen atoms in total. The molecule has 1 aliphatic heterocycles. The van der Waals surface area contributed by atoms with E-state index in [1.54, 1.807) is 42.5 Å². The Balaban J connectivity index is 1.69. The predicted octanol–water partition coefficient (Wildman–Crippen LogP) is 4.11. The van der Waals surface area contributed by atoms with E-state index in [1.807, 2.05) is 0 Å². The molecule has 40 heavy (non-hydrogen) atoms. The fraction of sp³-hybridized carbons (Fsp3) is 0.308. The Morgan fingerprint density at radius 3 is 2.52 bits per heavy atom. The van der Waals surface area contributed by atoms with E-state index in [1.165, 1.54) is 11.8 Å². The molecule has 0 unspecified atom stereocenters. The summed E-state index contributed by atoms with van der Waals surface area (Å²) in [6, 6.07) is 11.6. The third kappa shape index (κ3) is 7.04. The second-order valence-corrected chi connectivity index (χ2v) is 12.0. The van der Waals surface area contributed by atoms with Gasteiger partial charge in [-0.3, -0.25) is 4.79 Å². The maximum atomic E-state index is 13.3. The zero-order valence-electron chi connectivity index (χ0n) is 21.2. The molecule has 3 aromatic rings. The number of aromatic nitrogens is 2. The third-order valence-electron chi connectivity index (χ3n) is 6.10. The second kappa shape index (κ2) is 12.6. The number of rotatable bonds is 8. The van der Waals surface area contributed by atoms with Gasteiger partial charge in [0.05, 0.1) is 29.3 Å². The Morgan fingerprint density at radius 2 is 1.90 bits per heavy atom. The van der Waals surface area contributed by atoms with Crippen LogP contribution in [0.2, 0.25) is 10.0 Å². The van der Waals surface area contributed by atoms with Crippen LogP contribution in [0.1, 0.15) is 35.3 Å². The summed E-state index contributed by atoms with van der Waals surface area (Å²) in [4.78, 5) is 27.8. The van der Waals surface area contributed by atoms with Crippen molar-refractivity contribution in [3.05, 3.63) is 73.9 Å². The highest BCUT2D eigenvalue weighted by Crippen LogP contribution is 2.37. The lowest BCUT2D eigenvalue weighted by Crippen LogP contribution is -2.41. The van der Waals surface area contributed by atoms with Crippen molar-refractivity contribution in [2.24, 2.45) is 0 Å². The molecule has 4 rings (SSSR count). The fourth-order valence-electron chi connectivity index (χ4n) is 4.16. The first-order valence-corrected chi connectivity index (χ1v) is 14.7. The van der Waals surface area contributed by atoms with Crippen molar-refractivity contribution in [2.75, 3.05) is 25.2 Å². The number of hydrogen-bond donors (Lipinski definition) is 1. The molecule has 0 bridgehead atoms. The minimum absolute atomic E-state index is 0.00612. The second-order valence-electron chi connectivity index (χ2n) is 8.82. The Bertz CT molecular complexity index is 1580. The van der Waals surface area contributed by atoms with E-state index in [0.29, 0.717) is 45.4 Å². The average Bonchev–Trinajstić information content (AvgIpc) is 3.29. The van der Waals surface area contributed by atoms with Gasteiger partial charge in [0, 0.05) is 28.6 Å². The highest BCUT2D eigenvalue weighted by atomic mass is 35.5. The summed E-state index contributed by atoms with van der Waals surface area (Å²) in [5.41, 5.74) is 2.20. The van der Waals surface area contributed by atoms with Crippen LogP contribution in [-0.2, 0) is 14.7 Å². The summed E-state index contributed by atoms with van der Waals surface area (Å²) >= 11 is 12.6. The van der Waals surface area contributed by atoms with Gasteiger partial charge in [0.1, 0.15) is 22.1 Å². The lowest BCUT2D eigenvalue weighted by atomic mass is 10.1. The largest absolute Gasteiger partial charge is 0.492 e. The summed E-state index contributed by atoms with van der Waals surface area (Å²) < 4.78 is 30.8. The van der Waals surface area contributed by atoms with E-state index in [9.17, 15) is 23.3 Å². The van der Waals surface area contributed by atoms with Gasteiger partial charge in [0.2, 0.25) is 0 Å². The monoisotopic (exact) mass is 606 g/mol. The maximum absolute atomic E-state index is 13.3. The van der Waals surface area contributed by atoms with Crippen LogP contribution < -0.4 is 10.1 Å². The van der Waals surface area contributed by atoms with Crippen LogP contribution >= 0.6 is 23.2 Å². The number of carbonyl (C=O) groups excluding carboxylic acids is 1. The maximum Gasteiger partial charge on any atom is 0.294 e. The molecule has 1 amide bonds. The molecule has 2 heterocycles. The smallest absolute Gasteiger partial charge is 0.294 e. The SMILES string of the molecule is COc1c(C(=O)NC2CCS(=O)(=O)CC2)nn(-c2ccc(Cl)cc2Cl)c1-c1ccc(C#CCCO[N+](=O)[O-])cc1. The average molecular weight is 607 g/mol. The Kier molecular flexibility index (Phi) is 9.19. The van der Waals surface area contributed by atoms with E-state index in [2.05, 4.69) is 27.1 Å². The van der Waals surface area contributed by atoms with Gasteiger partial charge in [-0.1, -0.05) is 47.2 Å². The quantitative estimate of drug-likeness (QED) is 0.175. The lowest BCUT2D eigenvalue weighted by Gasteiger charge is -2.22. The van der Waals surface area contributed by atoms with E-state index < -0.39 is 20.8 Å². The fourth-order valence-corrected chi connectivity index (χ4v) is 6.14. The van der Waals surface area contributed by atoms with E-state index in [0.717, 1.165) is 0 Å². The van der Waals surface area contributed by atoms with Crippen LogP contribution in [0.3, 0.4) is 0 Å². The number of amides is 1. The molecule has 1 aliphatic rings. The van der Waals surface area contributed by atoms with Crippen LogP contribution in [0.5, 0.6) is 5.75 Å². The van der Waals surface area contributed by atoms with E-state index >= 15 is 0 Å². The molecule has 0 atom stereocenters. The summed E-state index contributed by atoms with van der Waals surface area (Å²) in [7, 11) is -1.67. The summed E-state index contributed by atoms with van der Waals surface area (Å²) in [5, 5.41) is 17.5. The minimum atomic E-state index is -3.09. The van der Waals surface area contributed by atoms with Crippen molar-refractivity contribution in [1.29, 1.82) is 0 Å². The van der Waals surface area contributed by atoms with Crippen molar-refractivity contribution in [1.82, 2.24) is 15.1 Å². The Labute approximate surface area is 240 Å². The zero-order valence-corrected chi connectivity index (χ0v) is 23.6. The zero-order chi connectivity index (χ0) is 28.9. The molecule has 210 valence electrons. The van der Waals surface area contributed by atoms with Gasteiger partial charge in [-0.2, -0.15) is 5.10 Å². The van der Waals surface area contributed by atoms with Crippen molar-refractivity contribution < 1.29 is 27.9 Å². The molecule has 1 fully saturated rings. The van der Waals surface area contributed by atoms with Crippen LogP contribution in [0, 0.1) is 22.0 Å². The topological polar surface area (TPSA) is 143 Å². The molecular formula is C26H24Cl2N4O7S. The highest BCUT2D eigenvalue weighted by Gasteiger charge is 2.30. The summed E-state index contributed by atoms with van der Waals surface area (Å²) in [6.07, 6.45) is 0.811. The van der Waals surface area contributed by atoms with Crippen LogP contribution in [0.4, 0.5) is 0 Å². The van der Waals surface area contributed by atoms with Gasteiger partial charge in [-0.15, -0.1) is 10.1 Å². The van der Waals surface area contributed by atoms with Crippen molar-refractivity contribution in [3.8, 4) is 34.5 Å². The van der Waals surface area contributed by atoms with Crippen LogP contribution in [0.25, 0.3) is 16.9 Å². The summed E-state index contributed by atoms with van der Waals surface area (Å²) in [6.45, 7) is -0.127. The molecule has 14 heteroatoms. The van der Waals surface area contributed by atoms with Gasteiger partial charge in [0.15, 0.2) is 11.4 Å². The van der Waals surface area contributed by atoms with Crippen LogP contribution in [0.15, 0.2) is 42.5 Å². The highest BCUT2D eigenvalue weighted by molar-refractivity contribution is 7.91. The molecule has 2 aromatic carbocycles. The number of hydrogen-bond acceptors (Lipinski definition) is 8. The standard InChI is InChI=1S/C26H24Cl2N4O7S/c1-38-25-23(26(33)29-20-11-14-40(36,37)15-12-20)30-31(22-10-9-19(27)16-21(22)28)24(25)18-7-5-17(6-8-18)4-2-3-13-39-32(34)35/h5-10,16,20H,3,11-15H2,1H3,(H,29,33). The number of nitrogens with one attached hydrogen (secondary N) is 1. The van der Waals surface area contributed by atoms with Crippen molar-refractivity contribution >= 4 is 38.9 Å². The molecule has 1 saturated heterocycles. The number of benzene rings is 2. The Morgan fingerprint density at radius 1 is 1.20 bits per heavy atom. The molecular weight excluding hydrogens is 583 g/mol. The van der Waals surface area contributed by atoms with Gasteiger partial charge < -0.3 is 14.9 Å². The Hall–Kier alpha value is -3.79. The number of carbonyl (C=O) groups is 1. The number of sulfone groups is 1. The van der Waals surface area contributed by atoms with Crippen molar-refractivity contribution in [3.63, 3.8) is 0 Å². The molecule has 0 saturated carbocycles. The molecule has 1 N–H and O–H groups in total. The first-order chi connectivity index (χ1) is 19.1. The number of nitrogens with zero attached hydrogens (tertiary/aromatic N) is 3. The number of methoxy groups -OCH3 is 1. The first-order valence-electron chi connectivity index (χ1n) is 12.1. The number of ether oxygens (including phenoxy) is 1.